The van der Waals surface area contributed by atoms with Crippen molar-refractivity contribution in [1.82, 2.24) is 4.98 Å². The van der Waals surface area contributed by atoms with E-state index in [0.717, 1.165) is 17.5 Å². The second-order valence-electron chi connectivity index (χ2n) is 6.46. The van der Waals surface area contributed by atoms with Gasteiger partial charge in [-0.1, -0.05) is 11.6 Å². The average molecular weight is 444 g/mol. The highest BCUT2D eigenvalue weighted by Gasteiger charge is 2.15. The van der Waals surface area contributed by atoms with Crippen molar-refractivity contribution in [2.45, 2.75) is 6.42 Å². The van der Waals surface area contributed by atoms with Gasteiger partial charge < -0.3 is 18.6 Å². The molecule has 0 spiro atoms. The van der Waals surface area contributed by atoms with Crippen LogP contribution in [0.5, 0.6) is 23.0 Å². The minimum atomic E-state index is 0.456. The number of oxazole rings is 1. The van der Waals surface area contributed by atoms with Crippen molar-refractivity contribution in [2.75, 3.05) is 19.6 Å². The van der Waals surface area contributed by atoms with Gasteiger partial charge in [0, 0.05) is 23.0 Å². The molecule has 0 aliphatic rings. The van der Waals surface area contributed by atoms with Gasteiger partial charge in [0.05, 0.1) is 19.3 Å². The second kappa shape index (κ2) is 9.28. The summed E-state index contributed by atoms with van der Waals surface area (Å²) in [5.41, 5.74) is 2.07. The maximum Gasteiger partial charge on any atom is 0.231 e. The molecule has 0 atom stereocenters. The lowest BCUT2D eigenvalue weighted by atomic mass is 10.2. The predicted molar refractivity (Wildman–Crippen MR) is 118 cm³/mol. The zero-order valence-electron chi connectivity index (χ0n) is 16.2. The first-order valence-corrected chi connectivity index (χ1v) is 10.3. The zero-order valence-corrected chi connectivity index (χ0v) is 17.7. The summed E-state index contributed by atoms with van der Waals surface area (Å²) in [6.45, 7) is 0.547. The van der Waals surface area contributed by atoms with Crippen LogP contribution in [-0.2, 0) is 0 Å². The molecule has 7 heteroatoms. The second-order valence-corrected chi connectivity index (χ2v) is 7.27. The van der Waals surface area contributed by atoms with E-state index >= 15 is 0 Å². The minimum absolute atomic E-state index is 0.456. The molecule has 154 valence electrons. The van der Waals surface area contributed by atoms with Crippen molar-refractivity contribution < 1.29 is 18.6 Å². The highest BCUT2D eigenvalue weighted by Crippen LogP contribution is 2.35. The molecule has 5 nitrogen and oxygen atoms in total. The Morgan fingerprint density at radius 2 is 1.70 bits per heavy atom. The lowest BCUT2D eigenvalue weighted by molar-refractivity contribution is 0.315. The summed E-state index contributed by atoms with van der Waals surface area (Å²) >= 11 is 11.6. The monoisotopic (exact) mass is 443 g/mol. The van der Waals surface area contributed by atoms with E-state index in [1.807, 2.05) is 30.3 Å². The number of alkyl halides is 1. The molecule has 0 bridgehead atoms. The molecule has 0 radical (unpaired) electrons. The number of aromatic nitrogens is 1. The van der Waals surface area contributed by atoms with Crippen molar-refractivity contribution in [3.05, 3.63) is 65.7 Å². The number of rotatable bonds is 8. The van der Waals surface area contributed by atoms with Gasteiger partial charge in [0.25, 0.3) is 0 Å². The summed E-state index contributed by atoms with van der Waals surface area (Å²) in [7, 11) is 1.60. The largest absolute Gasteiger partial charge is 0.496 e. The molecule has 0 fully saturated rings. The molecule has 4 rings (SSSR count). The Bertz CT molecular complexity index is 1140. The summed E-state index contributed by atoms with van der Waals surface area (Å²) in [6.07, 6.45) is 0.775. The standard InChI is InChI=1S/C23H19Cl2NO4/c1-27-21-13-17(28-12-2-11-24)7-9-19(21)23-26-20-10-8-18(14-22(20)30-23)29-16-5-3-15(25)4-6-16/h3-10,13-14H,2,11-12H2,1H3. The maximum atomic E-state index is 5.98. The van der Waals surface area contributed by atoms with Crippen LogP contribution in [0.25, 0.3) is 22.6 Å². The minimum Gasteiger partial charge on any atom is -0.496 e. The molecule has 0 saturated heterocycles. The molecule has 0 aliphatic carbocycles. The van der Waals surface area contributed by atoms with Crippen LogP contribution in [0.3, 0.4) is 0 Å². The number of halogens is 2. The average Bonchev–Trinajstić information content (AvgIpc) is 3.18. The van der Waals surface area contributed by atoms with Gasteiger partial charge in [0.2, 0.25) is 5.89 Å². The van der Waals surface area contributed by atoms with Gasteiger partial charge in [-0.15, -0.1) is 11.6 Å². The van der Waals surface area contributed by atoms with Crippen LogP contribution in [0.4, 0.5) is 0 Å². The Kier molecular flexibility index (Phi) is 6.31. The molecule has 0 aliphatic heterocycles. The summed E-state index contributed by atoms with van der Waals surface area (Å²) in [4.78, 5) is 4.58. The highest BCUT2D eigenvalue weighted by atomic mass is 35.5. The lowest BCUT2D eigenvalue weighted by Gasteiger charge is -2.09. The Balaban J connectivity index is 1.59. The Labute approximate surface area is 184 Å². The molecule has 1 heterocycles. The van der Waals surface area contributed by atoms with E-state index in [4.69, 9.17) is 41.8 Å². The van der Waals surface area contributed by atoms with Crippen LogP contribution in [0, 0.1) is 0 Å². The van der Waals surface area contributed by atoms with Gasteiger partial charge in [-0.25, -0.2) is 4.98 Å². The summed E-state index contributed by atoms with van der Waals surface area (Å²) in [6, 6.07) is 18.2. The summed E-state index contributed by atoms with van der Waals surface area (Å²) in [5.74, 6) is 3.66. The van der Waals surface area contributed by atoms with Crippen LogP contribution in [0.15, 0.2) is 65.1 Å². The summed E-state index contributed by atoms with van der Waals surface area (Å²) in [5, 5.41) is 0.655. The zero-order chi connectivity index (χ0) is 20.9. The molecule has 3 aromatic carbocycles. The fraction of sp³-hybridized carbons (Fsp3) is 0.174. The van der Waals surface area contributed by atoms with E-state index in [0.29, 0.717) is 52.0 Å². The molecule has 30 heavy (non-hydrogen) atoms. The number of benzene rings is 3. The SMILES string of the molecule is COc1cc(OCCCCl)ccc1-c1nc2ccc(Oc3ccc(Cl)cc3)cc2o1. The molecular formula is C23H19Cl2NO4. The van der Waals surface area contributed by atoms with E-state index in [2.05, 4.69) is 4.98 Å². The number of fused-ring (bicyclic) bond motifs is 1. The third-order valence-electron chi connectivity index (χ3n) is 4.36. The van der Waals surface area contributed by atoms with Gasteiger partial charge >= 0.3 is 0 Å². The number of hydrogen-bond acceptors (Lipinski definition) is 5. The number of ether oxygens (including phenoxy) is 3. The van der Waals surface area contributed by atoms with E-state index in [1.54, 1.807) is 37.4 Å². The first-order chi connectivity index (χ1) is 14.7. The maximum absolute atomic E-state index is 5.98. The Hall–Kier alpha value is -2.89. The smallest absolute Gasteiger partial charge is 0.231 e. The van der Waals surface area contributed by atoms with Gasteiger partial charge in [-0.2, -0.15) is 0 Å². The van der Waals surface area contributed by atoms with Crippen LogP contribution in [-0.4, -0.2) is 24.6 Å². The summed E-state index contributed by atoms with van der Waals surface area (Å²) < 4.78 is 23.0. The van der Waals surface area contributed by atoms with Gasteiger partial charge in [0.1, 0.15) is 28.5 Å². The van der Waals surface area contributed by atoms with Crippen molar-refractivity contribution in [1.29, 1.82) is 0 Å². The number of nitrogens with zero attached hydrogens (tertiary/aromatic N) is 1. The van der Waals surface area contributed by atoms with E-state index in [1.165, 1.54) is 0 Å². The third-order valence-corrected chi connectivity index (χ3v) is 4.88. The van der Waals surface area contributed by atoms with Crippen LogP contribution in [0.2, 0.25) is 5.02 Å². The number of methoxy groups -OCH3 is 1. The fourth-order valence-electron chi connectivity index (χ4n) is 2.90. The third kappa shape index (κ3) is 4.64. The normalized spacial score (nSPS) is 10.9. The topological polar surface area (TPSA) is 53.7 Å². The van der Waals surface area contributed by atoms with Crippen LogP contribution >= 0.6 is 23.2 Å². The highest BCUT2D eigenvalue weighted by molar-refractivity contribution is 6.30. The van der Waals surface area contributed by atoms with E-state index in [-0.39, 0.29) is 0 Å². The molecule has 0 unspecified atom stereocenters. The van der Waals surface area contributed by atoms with Gasteiger partial charge in [-0.3, -0.25) is 0 Å². The molecular weight excluding hydrogens is 425 g/mol. The van der Waals surface area contributed by atoms with Crippen molar-refractivity contribution >= 4 is 34.3 Å². The van der Waals surface area contributed by atoms with Crippen LogP contribution in [0.1, 0.15) is 6.42 Å². The molecule has 0 amide bonds. The molecule has 4 aromatic rings. The fourth-order valence-corrected chi connectivity index (χ4v) is 3.14. The number of hydrogen-bond donors (Lipinski definition) is 0. The van der Waals surface area contributed by atoms with Crippen molar-refractivity contribution in [2.24, 2.45) is 0 Å². The molecule has 0 N–H and O–H groups in total. The predicted octanol–water partition coefficient (Wildman–Crippen LogP) is 6.96. The first-order valence-electron chi connectivity index (χ1n) is 9.37. The van der Waals surface area contributed by atoms with E-state index in [9.17, 15) is 0 Å². The lowest BCUT2D eigenvalue weighted by Crippen LogP contribution is -1.98. The van der Waals surface area contributed by atoms with Gasteiger partial charge in [0.15, 0.2) is 5.58 Å². The van der Waals surface area contributed by atoms with Crippen molar-refractivity contribution in [3.63, 3.8) is 0 Å². The van der Waals surface area contributed by atoms with Crippen molar-refractivity contribution in [3.8, 4) is 34.5 Å². The Morgan fingerprint density at radius 3 is 2.47 bits per heavy atom. The quantitative estimate of drug-likeness (QED) is 0.217. The van der Waals surface area contributed by atoms with E-state index < -0.39 is 0 Å². The molecule has 0 saturated carbocycles. The first kappa shape index (κ1) is 20.4. The van der Waals surface area contributed by atoms with Gasteiger partial charge in [-0.05, 0) is 55.0 Å². The Morgan fingerprint density at radius 1 is 0.933 bits per heavy atom. The van der Waals surface area contributed by atoms with Crippen LogP contribution < -0.4 is 14.2 Å². The molecule has 1 aromatic heterocycles.